The van der Waals surface area contributed by atoms with Crippen LogP contribution >= 0.6 is 11.9 Å². The van der Waals surface area contributed by atoms with Gasteiger partial charge in [-0.2, -0.15) is 0 Å². The normalized spacial score (nSPS) is 19.8. The molecule has 4 heterocycles. The number of methoxy groups -OCH3 is 1. The van der Waals surface area contributed by atoms with Crippen molar-refractivity contribution in [1.82, 2.24) is 20.5 Å². The molecule has 0 aliphatic carbocycles. The number of ether oxygens (including phenoxy) is 1. The Morgan fingerprint density at radius 1 is 1.25 bits per heavy atom. The Balaban J connectivity index is 1.52. The summed E-state index contributed by atoms with van der Waals surface area (Å²) in [7, 11) is 1.53. The molecule has 0 saturated carbocycles. The second kappa shape index (κ2) is 7.45. The molecule has 0 spiro atoms. The van der Waals surface area contributed by atoms with E-state index in [4.69, 9.17) is 9.15 Å². The SMILES string of the molecule is COc1ccc2c(c1)C(=O)N(C[C@@]1(c3cc4nc(NSC)ccc4o3)NC(=O)NC1=O)C2. The van der Waals surface area contributed by atoms with E-state index < -0.39 is 17.5 Å². The summed E-state index contributed by atoms with van der Waals surface area (Å²) in [5.41, 5.74) is 0.721. The Hall–Kier alpha value is -3.73. The fraction of sp³-hybridized carbons (Fsp3) is 0.238. The van der Waals surface area contributed by atoms with Crippen molar-refractivity contribution >= 4 is 46.7 Å². The summed E-state index contributed by atoms with van der Waals surface area (Å²) in [6, 6.07) is 9.71. The number of aromatic nitrogens is 1. The lowest BCUT2D eigenvalue weighted by atomic mass is 9.95. The Bertz CT molecular complexity index is 1270. The molecule has 2 aromatic heterocycles. The number of furan rings is 1. The van der Waals surface area contributed by atoms with Crippen molar-refractivity contribution in [2.45, 2.75) is 12.1 Å². The molecule has 32 heavy (non-hydrogen) atoms. The lowest BCUT2D eigenvalue weighted by molar-refractivity contribution is -0.125. The van der Waals surface area contributed by atoms with Crippen molar-refractivity contribution in [3.8, 4) is 5.75 Å². The molecule has 1 fully saturated rings. The third-order valence-corrected chi connectivity index (χ3v) is 5.98. The number of benzene rings is 1. The predicted molar refractivity (Wildman–Crippen MR) is 117 cm³/mol. The van der Waals surface area contributed by atoms with Crippen LogP contribution in [0.5, 0.6) is 5.75 Å². The van der Waals surface area contributed by atoms with E-state index in [-0.39, 0.29) is 18.2 Å². The van der Waals surface area contributed by atoms with Gasteiger partial charge in [0.15, 0.2) is 11.1 Å². The second-order valence-corrected chi connectivity index (χ2v) is 8.11. The number of hydrogen-bond donors (Lipinski definition) is 3. The van der Waals surface area contributed by atoms with Gasteiger partial charge in [0, 0.05) is 24.4 Å². The summed E-state index contributed by atoms with van der Waals surface area (Å²) in [4.78, 5) is 44.1. The molecule has 3 N–H and O–H groups in total. The van der Waals surface area contributed by atoms with Gasteiger partial charge in [0.1, 0.15) is 22.8 Å². The average molecular weight is 453 g/mol. The number of rotatable bonds is 6. The largest absolute Gasteiger partial charge is 0.497 e. The van der Waals surface area contributed by atoms with E-state index in [1.807, 2.05) is 12.3 Å². The van der Waals surface area contributed by atoms with Gasteiger partial charge in [0.2, 0.25) is 0 Å². The third kappa shape index (κ3) is 3.12. The van der Waals surface area contributed by atoms with Crippen LogP contribution in [0.25, 0.3) is 11.1 Å². The lowest BCUT2D eigenvalue weighted by Gasteiger charge is -2.28. The first-order chi connectivity index (χ1) is 15.4. The van der Waals surface area contributed by atoms with Gasteiger partial charge in [-0.1, -0.05) is 18.0 Å². The fourth-order valence-electron chi connectivity index (χ4n) is 4.03. The number of nitrogens with zero attached hydrogens (tertiary/aromatic N) is 2. The zero-order valence-electron chi connectivity index (χ0n) is 17.2. The topological polar surface area (TPSA) is 126 Å². The minimum atomic E-state index is -1.58. The van der Waals surface area contributed by atoms with E-state index >= 15 is 0 Å². The molecule has 1 aromatic carbocycles. The van der Waals surface area contributed by atoms with Crippen molar-refractivity contribution in [1.29, 1.82) is 0 Å². The first-order valence-corrected chi connectivity index (χ1v) is 11.0. The summed E-state index contributed by atoms with van der Waals surface area (Å²) in [6.45, 7) is 0.194. The van der Waals surface area contributed by atoms with Crippen LogP contribution in [-0.2, 0) is 16.9 Å². The van der Waals surface area contributed by atoms with E-state index in [9.17, 15) is 14.4 Å². The standard InChI is InChI=1S/C21H19N5O5S/c1-30-12-4-3-11-9-26(18(27)13(11)7-12)10-21(19(28)23-20(29)24-21)16-8-14-15(31-16)5-6-17(22-14)25-32-2/h3-8H,9-10H2,1-2H3,(H,22,25)(H2,23,24,28,29)/t21-/m0/s1. The highest BCUT2D eigenvalue weighted by atomic mass is 32.2. The monoisotopic (exact) mass is 453 g/mol. The fourth-order valence-corrected chi connectivity index (χ4v) is 4.35. The summed E-state index contributed by atoms with van der Waals surface area (Å²) in [5.74, 6) is 0.549. The van der Waals surface area contributed by atoms with Crippen LogP contribution in [0.3, 0.4) is 0 Å². The number of pyridine rings is 1. The second-order valence-electron chi connectivity index (χ2n) is 7.49. The van der Waals surface area contributed by atoms with Gasteiger partial charge in [-0.15, -0.1) is 0 Å². The highest BCUT2D eigenvalue weighted by molar-refractivity contribution is 7.99. The number of nitrogens with one attached hydrogen (secondary N) is 3. The zero-order valence-corrected chi connectivity index (χ0v) is 18.0. The van der Waals surface area contributed by atoms with Crippen LogP contribution in [0.15, 0.2) is 40.8 Å². The summed E-state index contributed by atoms with van der Waals surface area (Å²) >= 11 is 1.40. The predicted octanol–water partition coefficient (Wildman–Crippen LogP) is 2.22. The van der Waals surface area contributed by atoms with Gasteiger partial charge in [0.25, 0.3) is 11.8 Å². The maximum absolute atomic E-state index is 13.1. The van der Waals surface area contributed by atoms with Crippen LogP contribution in [-0.4, -0.2) is 47.6 Å². The van der Waals surface area contributed by atoms with Crippen LogP contribution < -0.4 is 20.1 Å². The molecule has 1 atom stereocenters. The highest BCUT2D eigenvalue weighted by Gasteiger charge is 2.53. The Labute approximate surface area is 186 Å². The minimum Gasteiger partial charge on any atom is -0.497 e. The maximum atomic E-state index is 13.1. The minimum absolute atomic E-state index is 0.101. The molecule has 0 unspecified atom stereocenters. The molecule has 164 valence electrons. The van der Waals surface area contributed by atoms with Gasteiger partial charge in [-0.05, 0) is 29.8 Å². The van der Waals surface area contributed by atoms with E-state index in [1.54, 1.807) is 30.3 Å². The number of carbonyl (C=O) groups excluding carboxylic acids is 3. The van der Waals surface area contributed by atoms with Crippen molar-refractivity contribution in [2.75, 3.05) is 24.6 Å². The van der Waals surface area contributed by atoms with E-state index in [0.717, 1.165) is 5.56 Å². The number of imide groups is 1. The van der Waals surface area contributed by atoms with Crippen LogP contribution in [0.1, 0.15) is 21.7 Å². The average Bonchev–Trinajstić information content (AvgIpc) is 3.42. The number of carbonyl (C=O) groups is 3. The van der Waals surface area contributed by atoms with Crippen LogP contribution in [0, 0.1) is 0 Å². The molecular weight excluding hydrogens is 434 g/mol. The smallest absolute Gasteiger partial charge is 0.322 e. The molecule has 2 aliphatic heterocycles. The molecule has 0 radical (unpaired) electrons. The van der Waals surface area contributed by atoms with Gasteiger partial charge < -0.3 is 24.1 Å². The zero-order chi connectivity index (χ0) is 22.5. The third-order valence-electron chi connectivity index (χ3n) is 5.57. The molecule has 1 saturated heterocycles. The van der Waals surface area contributed by atoms with Crippen molar-refractivity contribution < 1.29 is 23.5 Å². The summed E-state index contributed by atoms with van der Waals surface area (Å²) < 4.78 is 14.2. The van der Waals surface area contributed by atoms with Crippen molar-refractivity contribution in [3.63, 3.8) is 0 Å². The molecular formula is C21H19N5O5S. The van der Waals surface area contributed by atoms with E-state index in [1.165, 1.54) is 24.0 Å². The van der Waals surface area contributed by atoms with Gasteiger partial charge in [-0.3, -0.25) is 14.9 Å². The van der Waals surface area contributed by atoms with Crippen molar-refractivity contribution in [2.24, 2.45) is 0 Å². The van der Waals surface area contributed by atoms with Gasteiger partial charge >= 0.3 is 6.03 Å². The van der Waals surface area contributed by atoms with Crippen LogP contribution in [0.2, 0.25) is 0 Å². The molecule has 10 nitrogen and oxygen atoms in total. The molecule has 11 heteroatoms. The molecule has 5 rings (SSSR count). The summed E-state index contributed by atoms with van der Waals surface area (Å²) in [6.07, 6.45) is 1.88. The maximum Gasteiger partial charge on any atom is 0.322 e. The first kappa shape index (κ1) is 20.2. The Kier molecular flexibility index (Phi) is 4.70. The highest BCUT2D eigenvalue weighted by Crippen LogP contribution is 2.35. The van der Waals surface area contributed by atoms with Crippen LogP contribution in [0.4, 0.5) is 10.6 Å². The number of fused-ring (bicyclic) bond motifs is 2. The Morgan fingerprint density at radius 2 is 2.09 bits per heavy atom. The van der Waals surface area contributed by atoms with Gasteiger partial charge in [-0.25, -0.2) is 9.78 Å². The number of urea groups is 1. The first-order valence-electron chi connectivity index (χ1n) is 9.73. The summed E-state index contributed by atoms with van der Waals surface area (Å²) in [5, 5.41) is 4.94. The van der Waals surface area contributed by atoms with Gasteiger partial charge in [0.05, 0.1) is 13.7 Å². The molecule has 4 amide bonds. The lowest BCUT2D eigenvalue weighted by Crippen LogP contribution is -2.52. The number of anilines is 1. The quantitative estimate of drug-likeness (QED) is 0.383. The van der Waals surface area contributed by atoms with E-state index in [0.29, 0.717) is 34.8 Å². The molecule has 2 aliphatic rings. The molecule has 3 aromatic rings. The Morgan fingerprint density at radius 3 is 2.81 bits per heavy atom. The van der Waals surface area contributed by atoms with Crippen molar-refractivity contribution in [3.05, 3.63) is 53.3 Å². The number of hydrogen-bond acceptors (Lipinski definition) is 8. The molecule has 0 bridgehead atoms. The van der Waals surface area contributed by atoms with E-state index in [2.05, 4.69) is 20.3 Å². The number of amides is 4.